The van der Waals surface area contributed by atoms with Crippen molar-refractivity contribution in [3.63, 3.8) is 0 Å². The molecule has 1 aromatic heterocycles. The molecule has 4 nitrogen and oxygen atoms in total. The first-order valence-electron chi connectivity index (χ1n) is 5.84. The molecular formula is C14H9BrFN3O. The molecule has 0 fully saturated rings. The minimum Gasteiger partial charge on any atom is -0.324 e. The molecule has 3 rings (SSSR count). The second-order valence-electron chi connectivity index (χ2n) is 4.19. The van der Waals surface area contributed by atoms with Gasteiger partial charge in [-0.05, 0) is 46.3 Å². The number of anilines is 1. The number of benzene rings is 2. The summed E-state index contributed by atoms with van der Waals surface area (Å²) in [5.41, 5.74) is 1.95. The molecule has 1 amide bonds. The van der Waals surface area contributed by atoms with Crippen LogP contribution in [0.15, 0.2) is 46.9 Å². The maximum absolute atomic E-state index is 13.1. The number of para-hydroxylation sites is 2. The van der Waals surface area contributed by atoms with Gasteiger partial charge < -0.3 is 4.98 Å². The normalized spacial score (nSPS) is 10.7. The van der Waals surface area contributed by atoms with Crippen molar-refractivity contribution >= 4 is 38.8 Å². The highest BCUT2D eigenvalue weighted by Crippen LogP contribution is 2.18. The Labute approximate surface area is 122 Å². The zero-order chi connectivity index (χ0) is 14.1. The fraction of sp³-hybridized carbons (Fsp3) is 0. The Hall–Kier alpha value is -2.21. The smallest absolute Gasteiger partial charge is 0.258 e. The van der Waals surface area contributed by atoms with Gasteiger partial charge in [0.05, 0.1) is 15.5 Å². The lowest BCUT2D eigenvalue weighted by atomic mass is 10.2. The van der Waals surface area contributed by atoms with Crippen LogP contribution in [0.3, 0.4) is 0 Å². The summed E-state index contributed by atoms with van der Waals surface area (Å²) in [5, 5.41) is 2.65. The summed E-state index contributed by atoms with van der Waals surface area (Å²) in [6.45, 7) is 0. The first kappa shape index (κ1) is 12.8. The van der Waals surface area contributed by atoms with Crippen molar-refractivity contribution < 1.29 is 9.18 Å². The Bertz CT molecular complexity index is 767. The number of amides is 1. The number of carbonyl (C=O) groups excluding carboxylic acids is 1. The van der Waals surface area contributed by atoms with Crippen molar-refractivity contribution in [2.24, 2.45) is 0 Å². The number of nitrogens with zero attached hydrogens (tertiary/aromatic N) is 1. The number of aromatic nitrogens is 2. The van der Waals surface area contributed by atoms with Gasteiger partial charge in [0.25, 0.3) is 5.91 Å². The molecule has 3 aromatic rings. The number of fused-ring (bicyclic) bond motifs is 1. The van der Waals surface area contributed by atoms with Gasteiger partial charge in [-0.3, -0.25) is 10.1 Å². The van der Waals surface area contributed by atoms with Gasteiger partial charge in [-0.15, -0.1) is 0 Å². The van der Waals surface area contributed by atoms with E-state index in [4.69, 9.17) is 0 Å². The fourth-order valence-corrected chi connectivity index (χ4v) is 2.21. The van der Waals surface area contributed by atoms with E-state index in [-0.39, 0.29) is 10.4 Å². The molecule has 2 aromatic carbocycles. The van der Waals surface area contributed by atoms with E-state index in [9.17, 15) is 9.18 Å². The third-order valence-electron chi connectivity index (χ3n) is 2.80. The number of halogens is 2. The van der Waals surface area contributed by atoms with Crippen molar-refractivity contribution in [2.75, 3.05) is 5.32 Å². The number of nitrogens with one attached hydrogen (secondary N) is 2. The average Bonchev–Trinajstić information content (AvgIpc) is 2.83. The van der Waals surface area contributed by atoms with Gasteiger partial charge in [-0.25, -0.2) is 9.37 Å². The van der Waals surface area contributed by atoms with Crippen LogP contribution in [-0.2, 0) is 0 Å². The zero-order valence-corrected chi connectivity index (χ0v) is 11.7. The Morgan fingerprint density at radius 2 is 2.05 bits per heavy atom. The van der Waals surface area contributed by atoms with E-state index in [0.717, 1.165) is 11.0 Å². The molecule has 0 aliphatic carbocycles. The van der Waals surface area contributed by atoms with Gasteiger partial charge in [-0.2, -0.15) is 0 Å². The first-order chi connectivity index (χ1) is 9.63. The molecule has 0 bridgehead atoms. The molecule has 0 saturated carbocycles. The lowest BCUT2D eigenvalue weighted by Crippen LogP contribution is -2.13. The van der Waals surface area contributed by atoms with Crippen LogP contribution in [0.2, 0.25) is 0 Å². The van der Waals surface area contributed by atoms with E-state index in [1.165, 1.54) is 18.2 Å². The van der Waals surface area contributed by atoms with E-state index in [2.05, 4.69) is 31.2 Å². The monoisotopic (exact) mass is 333 g/mol. The second-order valence-corrected chi connectivity index (χ2v) is 5.04. The summed E-state index contributed by atoms with van der Waals surface area (Å²) in [6, 6.07) is 11.5. The number of rotatable bonds is 2. The van der Waals surface area contributed by atoms with E-state index >= 15 is 0 Å². The molecule has 2 N–H and O–H groups in total. The lowest BCUT2D eigenvalue weighted by Gasteiger charge is -2.02. The summed E-state index contributed by atoms with van der Waals surface area (Å²) < 4.78 is 13.4. The van der Waals surface area contributed by atoms with E-state index in [1.54, 1.807) is 0 Å². The Balaban J connectivity index is 1.86. The number of imidazole rings is 1. The van der Waals surface area contributed by atoms with Gasteiger partial charge in [-0.1, -0.05) is 12.1 Å². The summed E-state index contributed by atoms with van der Waals surface area (Å²) >= 11 is 3.05. The maximum Gasteiger partial charge on any atom is 0.258 e. The molecule has 0 radical (unpaired) electrons. The highest BCUT2D eigenvalue weighted by atomic mass is 79.9. The van der Waals surface area contributed by atoms with Crippen LogP contribution in [0, 0.1) is 5.82 Å². The van der Waals surface area contributed by atoms with Gasteiger partial charge in [0, 0.05) is 5.56 Å². The summed E-state index contributed by atoms with van der Waals surface area (Å²) in [6.07, 6.45) is 0. The molecule has 6 heteroatoms. The number of hydrogen-bond donors (Lipinski definition) is 2. The topological polar surface area (TPSA) is 57.8 Å². The van der Waals surface area contributed by atoms with E-state index in [1.807, 2.05) is 24.3 Å². The van der Waals surface area contributed by atoms with E-state index < -0.39 is 5.82 Å². The van der Waals surface area contributed by atoms with Gasteiger partial charge >= 0.3 is 0 Å². The number of H-pyrrole nitrogens is 1. The summed E-state index contributed by atoms with van der Waals surface area (Å²) in [4.78, 5) is 19.3. The predicted octanol–water partition coefficient (Wildman–Crippen LogP) is 3.72. The van der Waals surface area contributed by atoms with Crippen molar-refractivity contribution in [1.82, 2.24) is 9.97 Å². The van der Waals surface area contributed by atoms with Crippen LogP contribution in [0.1, 0.15) is 10.4 Å². The standard InChI is InChI=1S/C14H9BrFN3O/c15-9-7-8(5-6-10(9)16)13(20)19-14-17-11-3-1-2-4-12(11)18-14/h1-7H,(H2,17,18,19,20). The van der Waals surface area contributed by atoms with Crippen LogP contribution in [0.5, 0.6) is 0 Å². The van der Waals surface area contributed by atoms with E-state index in [0.29, 0.717) is 11.5 Å². The third-order valence-corrected chi connectivity index (χ3v) is 3.41. The molecule has 0 aliphatic rings. The second kappa shape index (κ2) is 5.05. The van der Waals surface area contributed by atoms with Crippen LogP contribution in [0.25, 0.3) is 11.0 Å². The fourth-order valence-electron chi connectivity index (χ4n) is 1.83. The minimum absolute atomic E-state index is 0.245. The SMILES string of the molecule is O=C(Nc1nc2ccccc2[nH]1)c1ccc(F)c(Br)c1. The molecule has 20 heavy (non-hydrogen) atoms. The van der Waals surface area contributed by atoms with Crippen molar-refractivity contribution in [1.29, 1.82) is 0 Å². The summed E-state index contributed by atoms with van der Waals surface area (Å²) in [5.74, 6) is -0.410. The average molecular weight is 334 g/mol. The Morgan fingerprint density at radius 1 is 1.25 bits per heavy atom. The molecule has 0 spiro atoms. The van der Waals surface area contributed by atoms with Gasteiger partial charge in [0.2, 0.25) is 5.95 Å². The molecule has 0 aliphatic heterocycles. The van der Waals surface area contributed by atoms with Crippen LogP contribution >= 0.6 is 15.9 Å². The third kappa shape index (κ3) is 2.42. The molecule has 0 atom stereocenters. The predicted molar refractivity (Wildman–Crippen MR) is 78.1 cm³/mol. The van der Waals surface area contributed by atoms with Crippen LogP contribution < -0.4 is 5.32 Å². The van der Waals surface area contributed by atoms with Crippen molar-refractivity contribution in [2.45, 2.75) is 0 Å². The van der Waals surface area contributed by atoms with Crippen LogP contribution in [-0.4, -0.2) is 15.9 Å². The van der Waals surface area contributed by atoms with Crippen molar-refractivity contribution in [3.8, 4) is 0 Å². The molecule has 0 saturated heterocycles. The first-order valence-corrected chi connectivity index (χ1v) is 6.64. The molecule has 1 heterocycles. The lowest BCUT2D eigenvalue weighted by molar-refractivity contribution is 0.102. The zero-order valence-electron chi connectivity index (χ0n) is 10.2. The molecule has 0 unspecified atom stereocenters. The number of hydrogen-bond acceptors (Lipinski definition) is 2. The number of aromatic amines is 1. The highest BCUT2D eigenvalue weighted by molar-refractivity contribution is 9.10. The Morgan fingerprint density at radius 3 is 2.80 bits per heavy atom. The summed E-state index contributed by atoms with van der Waals surface area (Å²) in [7, 11) is 0. The van der Waals surface area contributed by atoms with Gasteiger partial charge in [0.1, 0.15) is 5.82 Å². The minimum atomic E-state index is -0.412. The van der Waals surface area contributed by atoms with Gasteiger partial charge in [0.15, 0.2) is 0 Å². The maximum atomic E-state index is 13.1. The molecule has 100 valence electrons. The molecular weight excluding hydrogens is 325 g/mol. The van der Waals surface area contributed by atoms with Crippen LogP contribution in [0.4, 0.5) is 10.3 Å². The van der Waals surface area contributed by atoms with Crippen molar-refractivity contribution in [3.05, 3.63) is 58.3 Å². The highest BCUT2D eigenvalue weighted by Gasteiger charge is 2.11. The number of carbonyl (C=O) groups is 1. The largest absolute Gasteiger partial charge is 0.324 e. The quantitative estimate of drug-likeness (QED) is 0.750. The Kier molecular flexibility index (Phi) is 3.23.